The van der Waals surface area contributed by atoms with Crippen molar-refractivity contribution in [2.75, 3.05) is 18.0 Å². The first-order chi connectivity index (χ1) is 10.4. The molecule has 0 aliphatic carbocycles. The predicted octanol–water partition coefficient (Wildman–Crippen LogP) is 3.62. The Hall–Kier alpha value is -1.80. The van der Waals surface area contributed by atoms with Crippen molar-refractivity contribution in [3.63, 3.8) is 0 Å². The molecule has 0 amide bonds. The first kappa shape index (κ1) is 14.2. The molecule has 0 fully saturated rings. The van der Waals surface area contributed by atoms with E-state index in [4.69, 9.17) is 0 Å². The van der Waals surface area contributed by atoms with E-state index < -0.39 is 0 Å². The van der Waals surface area contributed by atoms with Crippen molar-refractivity contribution in [1.29, 1.82) is 0 Å². The number of rotatable bonds is 4. The van der Waals surface area contributed by atoms with Gasteiger partial charge in [0.05, 0.1) is 0 Å². The van der Waals surface area contributed by atoms with Crippen LogP contribution in [-0.2, 0) is 13.0 Å². The van der Waals surface area contributed by atoms with Crippen molar-refractivity contribution in [1.82, 2.24) is 5.32 Å². The van der Waals surface area contributed by atoms with Gasteiger partial charge in [-0.15, -0.1) is 0 Å². The van der Waals surface area contributed by atoms with Gasteiger partial charge in [0, 0.05) is 31.4 Å². The predicted molar refractivity (Wildman–Crippen MR) is 89.7 cm³/mol. The number of nitrogens with zero attached hydrogens (tertiary/aromatic N) is 1. The molecule has 0 saturated heterocycles. The van der Waals surface area contributed by atoms with Crippen LogP contribution in [-0.4, -0.2) is 19.1 Å². The summed E-state index contributed by atoms with van der Waals surface area (Å²) in [6.07, 6.45) is 2.28. The lowest BCUT2D eigenvalue weighted by Crippen LogP contribution is -2.40. The van der Waals surface area contributed by atoms with Crippen LogP contribution in [0.25, 0.3) is 0 Å². The van der Waals surface area contributed by atoms with Gasteiger partial charge in [0.15, 0.2) is 0 Å². The van der Waals surface area contributed by atoms with Crippen LogP contribution in [0.15, 0.2) is 54.6 Å². The molecule has 3 rings (SSSR count). The topological polar surface area (TPSA) is 15.3 Å². The SMILES string of the molecule is CCCN1CC(Cc2ccccc2)NCc2ccccc21. The standard InChI is InChI=1S/C19H24N2/c1-2-12-21-15-18(13-16-8-4-3-5-9-16)20-14-17-10-6-7-11-19(17)21/h3-11,18,20H,2,12-15H2,1H3. The summed E-state index contributed by atoms with van der Waals surface area (Å²) in [6.45, 7) is 5.44. The first-order valence-electron chi connectivity index (χ1n) is 7.97. The molecule has 2 aromatic rings. The van der Waals surface area contributed by atoms with Crippen molar-refractivity contribution < 1.29 is 0 Å². The van der Waals surface area contributed by atoms with Gasteiger partial charge in [0.25, 0.3) is 0 Å². The molecule has 0 aromatic heterocycles. The van der Waals surface area contributed by atoms with Gasteiger partial charge in [-0.25, -0.2) is 0 Å². The zero-order valence-corrected chi connectivity index (χ0v) is 12.8. The van der Waals surface area contributed by atoms with E-state index in [1.165, 1.54) is 23.2 Å². The maximum absolute atomic E-state index is 3.73. The van der Waals surface area contributed by atoms with Crippen LogP contribution in [0, 0.1) is 0 Å². The molecule has 0 saturated carbocycles. The summed E-state index contributed by atoms with van der Waals surface area (Å²) in [4.78, 5) is 2.54. The molecule has 0 radical (unpaired) electrons. The Morgan fingerprint density at radius 3 is 2.62 bits per heavy atom. The van der Waals surface area contributed by atoms with E-state index in [-0.39, 0.29) is 0 Å². The largest absolute Gasteiger partial charge is 0.370 e. The number of para-hydroxylation sites is 1. The zero-order valence-electron chi connectivity index (χ0n) is 12.8. The molecular weight excluding hydrogens is 256 g/mol. The Morgan fingerprint density at radius 2 is 1.81 bits per heavy atom. The van der Waals surface area contributed by atoms with Crippen LogP contribution < -0.4 is 10.2 Å². The van der Waals surface area contributed by atoms with Crippen LogP contribution in [0.1, 0.15) is 24.5 Å². The lowest BCUT2D eigenvalue weighted by Gasteiger charge is -2.27. The Kier molecular flexibility index (Phi) is 4.56. The smallest absolute Gasteiger partial charge is 0.0412 e. The second-order valence-corrected chi connectivity index (χ2v) is 5.84. The van der Waals surface area contributed by atoms with Crippen LogP contribution >= 0.6 is 0 Å². The number of benzene rings is 2. The number of nitrogens with one attached hydrogen (secondary N) is 1. The highest BCUT2D eigenvalue weighted by Gasteiger charge is 2.20. The van der Waals surface area contributed by atoms with Crippen LogP contribution in [0.5, 0.6) is 0 Å². The van der Waals surface area contributed by atoms with Crippen molar-refractivity contribution >= 4 is 5.69 Å². The Balaban J connectivity index is 1.78. The highest BCUT2D eigenvalue weighted by molar-refractivity contribution is 5.54. The molecule has 0 spiro atoms. The van der Waals surface area contributed by atoms with E-state index in [0.717, 1.165) is 26.1 Å². The highest BCUT2D eigenvalue weighted by Crippen LogP contribution is 2.24. The number of hydrogen-bond acceptors (Lipinski definition) is 2. The van der Waals surface area contributed by atoms with Crippen molar-refractivity contribution in [3.05, 3.63) is 65.7 Å². The van der Waals surface area contributed by atoms with Gasteiger partial charge in [-0.3, -0.25) is 0 Å². The number of anilines is 1. The number of fused-ring (bicyclic) bond motifs is 1. The van der Waals surface area contributed by atoms with E-state index in [0.29, 0.717) is 6.04 Å². The molecule has 1 heterocycles. The molecule has 1 aliphatic heterocycles. The molecule has 1 N–H and O–H groups in total. The average Bonchev–Trinajstić information content (AvgIpc) is 2.69. The van der Waals surface area contributed by atoms with E-state index in [1.807, 2.05) is 0 Å². The molecular formula is C19H24N2. The van der Waals surface area contributed by atoms with E-state index in [9.17, 15) is 0 Å². The fourth-order valence-electron chi connectivity index (χ4n) is 3.17. The molecule has 110 valence electrons. The van der Waals surface area contributed by atoms with Gasteiger partial charge >= 0.3 is 0 Å². The van der Waals surface area contributed by atoms with Crippen molar-refractivity contribution in [2.24, 2.45) is 0 Å². The van der Waals surface area contributed by atoms with Gasteiger partial charge in [-0.2, -0.15) is 0 Å². The lowest BCUT2D eigenvalue weighted by atomic mass is 10.1. The third kappa shape index (κ3) is 3.45. The van der Waals surface area contributed by atoms with Gasteiger partial charge in [-0.05, 0) is 30.0 Å². The Morgan fingerprint density at radius 1 is 1.05 bits per heavy atom. The average molecular weight is 280 g/mol. The Bertz CT molecular complexity index is 565. The summed E-state index contributed by atoms with van der Waals surface area (Å²) in [5.74, 6) is 0. The second kappa shape index (κ2) is 6.77. The molecule has 2 nitrogen and oxygen atoms in total. The Labute approximate surface area is 127 Å². The summed E-state index contributed by atoms with van der Waals surface area (Å²) in [7, 11) is 0. The normalized spacial score (nSPS) is 18.1. The summed E-state index contributed by atoms with van der Waals surface area (Å²) in [5, 5.41) is 3.73. The fourth-order valence-corrected chi connectivity index (χ4v) is 3.17. The minimum absolute atomic E-state index is 0.506. The lowest BCUT2D eigenvalue weighted by molar-refractivity contribution is 0.512. The summed E-state index contributed by atoms with van der Waals surface area (Å²) >= 11 is 0. The molecule has 21 heavy (non-hydrogen) atoms. The zero-order chi connectivity index (χ0) is 14.5. The molecule has 1 atom stereocenters. The maximum Gasteiger partial charge on any atom is 0.0412 e. The minimum Gasteiger partial charge on any atom is -0.370 e. The third-order valence-corrected chi connectivity index (χ3v) is 4.17. The van der Waals surface area contributed by atoms with Crippen molar-refractivity contribution in [3.8, 4) is 0 Å². The number of hydrogen-bond donors (Lipinski definition) is 1. The van der Waals surface area contributed by atoms with Crippen LogP contribution in [0.3, 0.4) is 0 Å². The fraction of sp³-hybridized carbons (Fsp3) is 0.368. The summed E-state index contributed by atoms with van der Waals surface area (Å²) < 4.78 is 0. The minimum atomic E-state index is 0.506. The van der Waals surface area contributed by atoms with E-state index >= 15 is 0 Å². The molecule has 1 unspecified atom stereocenters. The molecule has 0 bridgehead atoms. The van der Waals surface area contributed by atoms with E-state index in [2.05, 4.69) is 71.7 Å². The second-order valence-electron chi connectivity index (χ2n) is 5.84. The molecule has 2 heteroatoms. The summed E-state index contributed by atoms with van der Waals surface area (Å²) in [6, 6.07) is 20.1. The molecule has 1 aliphatic rings. The third-order valence-electron chi connectivity index (χ3n) is 4.17. The van der Waals surface area contributed by atoms with Crippen molar-refractivity contribution in [2.45, 2.75) is 32.4 Å². The van der Waals surface area contributed by atoms with Gasteiger partial charge in [-0.1, -0.05) is 55.5 Å². The molecule has 2 aromatic carbocycles. The van der Waals surface area contributed by atoms with Gasteiger partial charge in [0.1, 0.15) is 0 Å². The summed E-state index contributed by atoms with van der Waals surface area (Å²) in [5.41, 5.74) is 4.24. The highest BCUT2D eigenvalue weighted by atomic mass is 15.2. The van der Waals surface area contributed by atoms with Gasteiger partial charge in [0.2, 0.25) is 0 Å². The van der Waals surface area contributed by atoms with Gasteiger partial charge < -0.3 is 10.2 Å². The van der Waals surface area contributed by atoms with Crippen LogP contribution in [0.4, 0.5) is 5.69 Å². The first-order valence-corrected chi connectivity index (χ1v) is 7.97. The van der Waals surface area contributed by atoms with Crippen LogP contribution in [0.2, 0.25) is 0 Å². The monoisotopic (exact) mass is 280 g/mol. The quantitative estimate of drug-likeness (QED) is 0.920. The van der Waals surface area contributed by atoms with E-state index in [1.54, 1.807) is 0 Å². The maximum atomic E-state index is 3.73.